The summed E-state index contributed by atoms with van der Waals surface area (Å²) in [7, 11) is -0.430. The summed E-state index contributed by atoms with van der Waals surface area (Å²) in [5.41, 5.74) is 3.76. The number of anilines is 1. The Labute approximate surface area is 138 Å². The first-order chi connectivity index (χ1) is 10.2. The Hall–Kier alpha value is -0.965. The molecule has 22 heavy (non-hydrogen) atoms. The van der Waals surface area contributed by atoms with Gasteiger partial charge in [-0.1, -0.05) is 17.7 Å². The molecule has 1 aromatic rings. The Morgan fingerprint density at radius 3 is 2.36 bits per heavy atom. The average molecular weight is 320 g/mol. The standard InChI is InChI=1S/C17H23BClNO2/c1-6-12-8-7-11-9-14(19)13(10-15(11)20-12)18-21-16(2,3)17(4,5)22-18/h6,9-10,20H,7-8H2,1-5H3/b12-6+. The summed E-state index contributed by atoms with van der Waals surface area (Å²) in [6.07, 6.45) is 4.15. The molecule has 118 valence electrons. The molecule has 1 saturated heterocycles. The van der Waals surface area contributed by atoms with Crippen LogP contribution in [0.15, 0.2) is 23.9 Å². The van der Waals surface area contributed by atoms with Crippen LogP contribution in [0.1, 0.15) is 46.6 Å². The van der Waals surface area contributed by atoms with E-state index >= 15 is 0 Å². The zero-order valence-electron chi connectivity index (χ0n) is 13.9. The van der Waals surface area contributed by atoms with Gasteiger partial charge in [-0.2, -0.15) is 0 Å². The lowest BCUT2D eigenvalue weighted by Gasteiger charge is -2.32. The predicted octanol–water partition coefficient (Wildman–Crippen LogP) is 3.90. The van der Waals surface area contributed by atoms with Crippen LogP contribution in [0.4, 0.5) is 5.69 Å². The van der Waals surface area contributed by atoms with Gasteiger partial charge in [0.25, 0.3) is 0 Å². The molecule has 1 N–H and O–H groups in total. The third-order valence-corrected chi connectivity index (χ3v) is 5.36. The summed E-state index contributed by atoms with van der Waals surface area (Å²) in [5, 5.41) is 4.18. The van der Waals surface area contributed by atoms with Crippen molar-refractivity contribution in [3.8, 4) is 0 Å². The minimum atomic E-state index is -0.430. The molecule has 3 nitrogen and oxygen atoms in total. The molecule has 5 heteroatoms. The van der Waals surface area contributed by atoms with E-state index in [1.165, 1.54) is 11.3 Å². The molecule has 0 unspecified atom stereocenters. The van der Waals surface area contributed by atoms with Gasteiger partial charge in [-0.25, -0.2) is 0 Å². The first-order valence-electron chi connectivity index (χ1n) is 7.84. The normalized spacial score (nSPS) is 24.3. The third kappa shape index (κ3) is 2.57. The van der Waals surface area contributed by atoms with Crippen molar-refractivity contribution in [1.82, 2.24) is 0 Å². The number of nitrogens with one attached hydrogen (secondary N) is 1. The van der Waals surface area contributed by atoms with Crippen LogP contribution in [-0.2, 0) is 15.7 Å². The Kier molecular flexibility index (Phi) is 3.83. The maximum Gasteiger partial charge on any atom is 0.496 e. The fourth-order valence-corrected chi connectivity index (χ4v) is 3.10. The summed E-state index contributed by atoms with van der Waals surface area (Å²) in [6, 6.07) is 4.11. The van der Waals surface area contributed by atoms with E-state index in [4.69, 9.17) is 20.9 Å². The molecule has 0 bridgehead atoms. The van der Waals surface area contributed by atoms with Crippen molar-refractivity contribution < 1.29 is 9.31 Å². The van der Waals surface area contributed by atoms with Crippen molar-refractivity contribution in [1.29, 1.82) is 0 Å². The number of allylic oxidation sites excluding steroid dienone is 2. The van der Waals surface area contributed by atoms with E-state index in [1.807, 2.05) is 6.07 Å². The zero-order valence-corrected chi connectivity index (χ0v) is 14.7. The molecular weight excluding hydrogens is 296 g/mol. The molecular formula is C17H23BClNO2. The van der Waals surface area contributed by atoms with Crippen molar-refractivity contribution in [3.63, 3.8) is 0 Å². The Bertz CT molecular complexity index is 624. The van der Waals surface area contributed by atoms with E-state index in [0.717, 1.165) is 24.0 Å². The van der Waals surface area contributed by atoms with E-state index in [1.54, 1.807) is 0 Å². The van der Waals surface area contributed by atoms with Crippen molar-refractivity contribution in [2.24, 2.45) is 0 Å². The minimum Gasteiger partial charge on any atom is -0.399 e. The number of benzene rings is 1. The van der Waals surface area contributed by atoms with Crippen LogP contribution in [0, 0.1) is 0 Å². The van der Waals surface area contributed by atoms with Gasteiger partial charge < -0.3 is 14.6 Å². The van der Waals surface area contributed by atoms with Crippen LogP contribution in [-0.4, -0.2) is 18.3 Å². The Morgan fingerprint density at radius 2 is 1.77 bits per heavy atom. The minimum absolute atomic E-state index is 0.362. The van der Waals surface area contributed by atoms with Gasteiger partial charge in [-0.15, -0.1) is 0 Å². The van der Waals surface area contributed by atoms with E-state index in [9.17, 15) is 0 Å². The number of halogens is 1. The summed E-state index contributed by atoms with van der Waals surface area (Å²) < 4.78 is 12.3. The van der Waals surface area contributed by atoms with Crippen LogP contribution in [0.2, 0.25) is 5.02 Å². The molecule has 0 saturated carbocycles. The SMILES string of the molecule is C/C=C1\CCc2cc(Cl)c(B3OC(C)(C)C(C)(C)O3)cc2N1. The summed E-state index contributed by atoms with van der Waals surface area (Å²) in [5.74, 6) is 0. The predicted molar refractivity (Wildman–Crippen MR) is 92.9 cm³/mol. The molecule has 1 aromatic carbocycles. The summed E-state index contributed by atoms with van der Waals surface area (Å²) >= 11 is 6.50. The number of aryl methyl sites for hydroxylation is 1. The first kappa shape index (κ1) is 15.9. The monoisotopic (exact) mass is 319 g/mol. The van der Waals surface area contributed by atoms with Crippen molar-refractivity contribution in [3.05, 3.63) is 34.5 Å². The third-order valence-electron chi connectivity index (χ3n) is 5.04. The van der Waals surface area contributed by atoms with Crippen LogP contribution < -0.4 is 10.8 Å². The van der Waals surface area contributed by atoms with Crippen molar-refractivity contribution in [2.45, 2.75) is 58.7 Å². The molecule has 0 aliphatic carbocycles. The van der Waals surface area contributed by atoms with E-state index in [0.29, 0.717) is 5.02 Å². The molecule has 2 heterocycles. The number of fused-ring (bicyclic) bond motifs is 1. The number of rotatable bonds is 1. The second kappa shape index (κ2) is 5.29. The van der Waals surface area contributed by atoms with Crippen molar-refractivity contribution in [2.75, 3.05) is 5.32 Å². The summed E-state index contributed by atoms with van der Waals surface area (Å²) in [4.78, 5) is 0. The molecule has 0 radical (unpaired) electrons. The van der Waals surface area contributed by atoms with Gasteiger partial charge in [0.1, 0.15) is 0 Å². The molecule has 2 aliphatic heterocycles. The lowest BCUT2D eigenvalue weighted by molar-refractivity contribution is 0.00578. The van der Waals surface area contributed by atoms with Gasteiger partial charge in [0.05, 0.1) is 11.2 Å². The quantitative estimate of drug-likeness (QED) is 0.796. The second-order valence-electron chi connectivity index (χ2n) is 7.06. The molecule has 0 spiro atoms. The second-order valence-corrected chi connectivity index (χ2v) is 7.47. The van der Waals surface area contributed by atoms with Crippen LogP contribution in [0.5, 0.6) is 0 Å². The zero-order chi connectivity index (χ0) is 16.1. The largest absolute Gasteiger partial charge is 0.496 e. The first-order valence-corrected chi connectivity index (χ1v) is 8.21. The lowest BCUT2D eigenvalue weighted by Crippen LogP contribution is -2.41. The molecule has 0 amide bonds. The molecule has 2 aliphatic rings. The highest BCUT2D eigenvalue weighted by Crippen LogP contribution is 2.38. The maximum atomic E-state index is 6.50. The maximum absolute atomic E-state index is 6.50. The van der Waals surface area contributed by atoms with Crippen LogP contribution in [0.25, 0.3) is 0 Å². The van der Waals surface area contributed by atoms with Crippen LogP contribution in [0.3, 0.4) is 0 Å². The number of hydrogen-bond donors (Lipinski definition) is 1. The van der Waals surface area contributed by atoms with E-state index < -0.39 is 7.12 Å². The molecule has 0 aromatic heterocycles. The molecule has 3 rings (SSSR count). The van der Waals surface area contributed by atoms with Crippen LogP contribution >= 0.6 is 11.6 Å². The summed E-state index contributed by atoms with van der Waals surface area (Å²) in [6.45, 7) is 10.3. The van der Waals surface area contributed by atoms with Gasteiger partial charge in [-0.3, -0.25) is 0 Å². The van der Waals surface area contributed by atoms with Gasteiger partial charge >= 0.3 is 7.12 Å². The molecule has 1 fully saturated rings. The average Bonchev–Trinajstić information content (AvgIpc) is 2.66. The van der Waals surface area contributed by atoms with Gasteiger partial charge in [-0.05, 0) is 65.2 Å². The highest BCUT2D eigenvalue weighted by Gasteiger charge is 2.52. The highest BCUT2D eigenvalue weighted by atomic mass is 35.5. The lowest BCUT2D eigenvalue weighted by atomic mass is 9.77. The van der Waals surface area contributed by atoms with Gasteiger partial charge in [0.15, 0.2) is 0 Å². The molecule has 0 atom stereocenters. The topological polar surface area (TPSA) is 30.5 Å². The van der Waals surface area contributed by atoms with Crippen molar-refractivity contribution >= 4 is 29.9 Å². The van der Waals surface area contributed by atoms with Gasteiger partial charge in [0.2, 0.25) is 0 Å². The number of hydrogen-bond acceptors (Lipinski definition) is 3. The fourth-order valence-electron chi connectivity index (χ4n) is 2.83. The van der Waals surface area contributed by atoms with E-state index in [2.05, 4.69) is 52.1 Å². The van der Waals surface area contributed by atoms with E-state index in [-0.39, 0.29) is 11.2 Å². The Morgan fingerprint density at radius 1 is 1.14 bits per heavy atom. The van der Waals surface area contributed by atoms with Gasteiger partial charge in [0, 0.05) is 21.9 Å². The Balaban J connectivity index is 1.96. The smallest absolute Gasteiger partial charge is 0.399 e. The highest BCUT2D eigenvalue weighted by molar-refractivity contribution is 6.65. The fraction of sp³-hybridized carbons (Fsp3) is 0.529.